The number of rotatable bonds is 8. The Morgan fingerprint density at radius 1 is 1.07 bits per heavy atom. The molecule has 0 aliphatic carbocycles. The molecule has 232 valence electrons. The number of hydrogen-bond donors (Lipinski definition) is 2. The molecule has 3 aromatic carbocycles. The third kappa shape index (κ3) is 11.9. The first-order valence-electron chi connectivity index (χ1n) is 15.0. The molecule has 1 heterocycles. The monoisotopic (exact) mass is 592 g/mol. The molecule has 0 fully saturated rings. The zero-order valence-corrected chi connectivity index (χ0v) is 27.6. The van der Waals surface area contributed by atoms with Gasteiger partial charge in [0.15, 0.2) is 0 Å². The van der Waals surface area contributed by atoms with Crippen LogP contribution in [0.1, 0.15) is 84.4 Å². The van der Waals surface area contributed by atoms with Gasteiger partial charge in [0.25, 0.3) is 0 Å². The zero-order chi connectivity index (χ0) is 33.1. The van der Waals surface area contributed by atoms with Gasteiger partial charge in [-0.2, -0.15) is 10.4 Å². The third-order valence-electron chi connectivity index (χ3n) is 6.77. The Balaban J connectivity index is 0.000000337. The van der Waals surface area contributed by atoms with Crippen molar-refractivity contribution in [1.82, 2.24) is 15.1 Å². The number of aldehydes is 1. The molecule has 0 radical (unpaired) electrons. The van der Waals surface area contributed by atoms with Crippen LogP contribution in [0, 0.1) is 25.2 Å². The maximum atomic E-state index is 10.4. The fourth-order valence-electron chi connectivity index (χ4n) is 4.06. The van der Waals surface area contributed by atoms with E-state index in [0.717, 1.165) is 52.9 Å². The summed E-state index contributed by atoms with van der Waals surface area (Å²) in [6, 6.07) is 25.1. The maximum absolute atomic E-state index is 10.4. The van der Waals surface area contributed by atoms with Crippen molar-refractivity contribution < 1.29 is 9.90 Å². The number of allylic oxidation sites excluding steroid dienone is 3. The first kappa shape index (κ1) is 37.3. The van der Waals surface area contributed by atoms with E-state index in [9.17, 15) is 9.90 Å². The molecule has 0 aliphatic heterocycles. The number of aromatic nitrogens is 2. The van der Waals surface area contributed by atoms with E-state index < -0.39 is 0 Å². The molecule has 1 atom stereocenters. The smallest absolute Gasteiger partial charge is 0.150 e. The Hall–Kier alpha value is -4.73. The highest BCUT2D eigenvalue weighted by Crippen LogP contribution is 2.26. The molecule has 0 saturated heterocycles. The highest BCUT2D eigenvalue weighted by Gasteiger charge is 2.07. The highest BCUT2D eigenvalue weighted by atomic mass is 16.3. The van der Waals surface area contributed by atoms with Crippen LogP contribution in [0.15, 0.2) is 91.6 Å². The van der Waals surface area contributed by atoms with Gasteiger partial charge in [0, 0.05) is 29.1 Å². The Kier molecular flexibility index (Phi) is 17.1. The first-order chi connectivity index (χ1) is 21.1. The summed E-state index contributed by atoms with van der Waals surface area (Å²) < 4.78 is 1.88. The second kappa shape index (κ2) is 20.2. The van der Waals surface area contributed by atoms with Crippen molar-refractivity contribution in [2.24, 2.45) is 0 Å². The molecule has 2 N–H and O–H groups in total. The summed E-state index contributed by atoms with van der Waals surface area (Å²) in [6.45, 7) is 19.0. The summed E-state index contributed by atoms with van der Waals surface area (Å²) in [5, 5.41) is 25.9. The number of nitrogens with one attached hydrogen (secondary N) is 1. The minimum absolute atomic E-state index is 0.148. The summed E-state index contributed by atoms with van der Waals surface area (Å²) in [6.07, 6.45) is 5.68. The van der Waals surface area contributed by atoms with E-state index in [2.05, 4.69) is 54.3 Å². The molecule has 4 aromatic rings. The van der Waals surface area contributed by atoms with E-state index in [0.29, 0.717) is 5.56 Å². The van der Waals surface area contributed by atoms with Crippen LogP contribution in [0.25, 0.3) is 11.3 Å². The Morgan fingerprint density at radius 3 is 2.23 bits per heavy atom. The van der Waals surface area contributed by atoms with Crippen molar-refractivity contribution in [3.8, 4) is 11.8 Å². The summed E-state index contributed by atoms with van der Waals surface area (Å²) in [7, 11) is 1.97. The molecule has 0 spiro atoms. The molecule has 0 amide bonds. The van der Waals surface area contributed by atoms with E-state index in [1.807, 2.05) is 83.7 Å². The van der Waals surface area contributed by atoms with E-state index in [1.165, 1.54) is 11.1 Å². The van der Waals surface area contributed by atoms with Crippen molar-refractivity contribution in [2.75, 3.05) is 7.05 Å². The number of benzene rings is 3. The number of carbonyl (C=O) groups is 1. The zero-order valence-electron chi connectivity index (χ0n) is 27.6. The molecule has 0 saturated carbocycles. The van der Waals surface area contributed by atoms with E-state index in [-0.39, 0.29) is 11.7 Å². The van der Waals surface area contributed by atoms with Crippen molar-refractivity contribution in [1.29, 1.82) is 5.26 Å². The van der Waals surface area contributed by atoms with Crippen molar-refractivity contribution in [3.63, 3.8) is 0 Å². The van der Waals surface area contributed by atoms with Gasteiger partial charge in [-0.05, 0) is 87.2 Å². The van der Waals surface area contributed by atoms with Crippen LogP contribution in [-0.4, -0.2) is 28.2 Å². The number of nitriles is 1. The van der Waals surface area contributed by atoms with E-state index in [4.69, 9.17) is 5.26 Å². The number of hydrogen-bond acceptors (Lipinski definition) is 5. The normalized spacial score (nSPS) is 10.8. The minimum atomic E-state index is -0.148. The van der Waals surface area contributed by atoms with Crippen LogP contribution in [0.5, 0.6) is 5.75 Å². The van der Waals surface area contributed by atoms with Gasteiger partial charge in [-0.25, -0.2) is 4.68 Å². The van der Waals surface area contributed by atoms with Crippen LogP contribution in [0.4, 0.5) is 0 Å². The lowest BCUT2D eigenvalue weighted by Crippen LogP contribution is -2.04. The van der Waals surface area contributed by atoms with Crippen LogP contribution in [-0.2, 0) is 13.0 Å². The molecule has 1 aromatic heterocycles. The van der Waals surface area contributed by atoms with Gasteiger partial charge in [0.2, 0.25) is 0 Å². The molecule has 0 aliphatic rings. The van der Waals surface area contributed by atoms with Gasteiger partial charge in [-0.15, -0.1) is 0 Å². The molecule has 6 heteroatoms. The topological polar surface area (TPSA) is 90.9 Å². The van der Waals surface area contributed by atoms with Gasteiger partial charge in [0.05, 0.1) is 18.2 Å². The Labute approximate surface area is 264 Å². The van der Waals surface area contributed by atoms with Crippen LogP contribution < -0.4 is 5.32 Å². The predicted octanol–water partition coefficient (Wildman–Crippen LogP) is 8.90. The SMILES string of the molecule is C=C(/C=C(/C)n1ncc(C)c1C)c1ccccc1O.CC.CC(C#N)c1cccc(C=O)c1.CCc1ccc(CNC)cc1. The summed E-state index contributed by atoms with van der Waals surface area (Å²) >= 11 is 0. The predicted molar refractivity (Wildman–Crippen MR) is 185 cm³/mol. The lowest BCUT2D eigenvalue weighted by atomic mass is 10.0. The average molecular weight is 593 g/mol. The number of aromatic hydroxyl groups is 1. The second-order valence-electron chi connectivity index (χ2n) is 9.99. The fourth-order valence-corrected chi connectivity index (χ4v) is 4.06. The van der Waals surface area contributed by atoms with Crippen molar-refractivity contribution in [2.45, 2.75) is 67.3 Å². The van der Waals surface area contributed by atoms with Crippen LogP contribution in [0.3, 0.4) is 0 Å². The lowest BCUT2D eigenvalue weighted by molar-refractivity contribution is 0.112. The number of carbonyl (C=O) groups excluding carboxylic acids is 1. The molecular formula is C38H48N4O2. The quantitative estimate of drug-likeness (QED) is 0.157. The molecule has 1 unspecified atom stereocenters. The molecule has 6 nitrogen and oxygen atoms in total. The third-order valence-corrected chi connectivity index (χ3v) is 6.77. The lowest BCUT2D eigenvalue weighted by Gasteiger charge is -2.08. The van der Waals surface area contributed by atoms with Gasteiger partial charge in [0.1, 0.15) is 12.0 Å². The van der Waals surface area contributed by atoms with E-state index in [1.54, 1.807) is 30.3 Å². The number of para-hydroxylation sites is 1. The number of phenols is 1. The standard InChI is InChI=1S/C16H18N2O.C10H9NO.C10H15N.C2H6/c1-11(15-7-5-6-8-16(15)19)9-13(3)18-14(4)12(2)10-17-18;1-8(6-11)10-4-2-3-9(5-10)7-12;1-3-9-4-6-10(7-5-9)8-11-2;1-2/h5-10,19H,1H2,2-4H3;2-5,7-8H,1H3;4-7,11H,3,8H2,1-2H3;1-2H3/b13-9-;;;. The largest absolute Gasteiger partial charge is 0.507 e. The maximum Gasteiger partial charge on any atom is 0.150 e. The summed E-state index contributed by atoms with van der Waals surface area (Å²) in [5.41, 5.74) is 9.01. The second-order valence-corrected chi connectivity index (χ2v) is 9.99. The first-order valence-corrected chi connectivity index (χ1v) is 15.0. The van der Waals surface area contributed by atoms with Gasteiger partial charge >= 0.3 is 0 Å². The fraction of sp³-hybridized carbons (Fsp3) is 0.289. The van der Waals surface area contributed by atoms with Crippen LogP contribution >= 0.6 is 0 Å². The van der Waals surface area contributed by atoms with Crippen LogP contribution in [0.2, 0.25) is 0 Å². The average Bonchev–Trinajstić information content (AvgIpc) is 3.40. The van der Waals surface area contributed by atoms with Gasteiger partial charge < -0.3 is 10.4 Å². The number of phenolic OH excluding ortho intramolecular Hbond substituents is 1. The molecule has 44 heavy (non-hydrogen) atoms. The molecule has 4 rings (SSSR count). The Morgan fingerprint density at radius 2 is 1.70 bits per heavy atom. The molecular weight excluding hydrogens is 544 g/mol. The number of aryl methyl sites for hydroxylation is 2. The van der Waals surface area contributed by atoms with Crippen molar-refractivity contribution in [3.05, 3.63) is 131 Å². The summed E-state index contributed by atoms with van der Waals surface area (Å²) in [5.74, 6) is 0.0924. The van der Waals surface area contributed by atoms with Crippen molar-refractivity contribution >= 4 is 17.6 Å². The Bertz CT molecular complexity index is 1530. The van der Waals surface area contributed by atoms with E-state index >= 15 is 0 Å². The number of nitrogens with zero attached hydrogens (tertiary/aromatic N) is 3. The molecule has 0 bridgehead atoms. The van der Waals surface area contributed by atoms with Gasteiger partial charge in [-0.1, -0.05) is 88.0 Å². The van der Waals surface area contributed by atoms with Gasteiger partial charge in [-0.3, -0.25) is 4.79 Å². The highest BCUT2D eigenvalue weighted by molar-refractivity contribution is 5.80. The summed E-state index contributed by atoms with van der Waals surface area (Å²) in [4.78, 5) is 10.4. The minimum Gasteiger partial charge on any atom is -0.507 e.